The van der Waals surface area contributed by atoms with Crippen LogP contribution in [0, 0.1) is 6.92 Å². The molecule has 1 aromatic carbocycles. The standard InChI is InChI=1S/C18H22N4O3/c1-13-15(17(24)20(3)18(25)19(13)2)21-9-11-22(12-10-21)16(23)14-7-5-4-6-8-14/h4-8H,9-12H2,1-3H3. The van der Waals surface area contributed by atoms with Crippen LogP contribution in [-0.2, 0) is 14.1 Å². The SMILES string of the molecule is Cc1c(N2CCN(C(=O)c3ccccc3)CC2)c(=O)n(C)c(=O)n1C. The highest BCUT2D eigenvalue weighted by atomic mass is 16.2. The molecule has 1 amide bonds. The summed E-state index contributed by atoms with van der Waals surface area (Å²) in [7, 11) is 3.15. The maximum absolute atomic E-state index is 12.5. The minimum Gasteiger partial charge on any atom is -0.362 e. The maximum Gasteiger partial charge on any atom is 0.330 e. The Balaban J connectivity index is 1.81. The van der Waals surface area contributed by atoms with Crippen LogP contribution in [0.3, 0.4) is 0 Å². The van der Waals surface area contributed by atoms with Crippen LogP contribution < -0.4 is 16.1 Å². The second-order valence-electron chi connectivity index (χ2n) is 6.29. The average Bonchev–Trinajstić information content (AvgIpc) is 2.65. The largest absolute Gasteiger partial charge is 0.362 e. The van der Waals surface area contributed by atoms with Crippen LogP contribution in [0.15, 0.2) is 39.9 Å². The molecule has 0 N–H and O–H groups in total. The Bertz CT molecular complexity index is 906. The molecular formula is C18H22N4O3. The molecule has 0 unspecified atom stereocenters. The van der Waals surface area contributed by atoms with Crippen molar-refractivity contribution in [2.24, 2.45) is 14.1 Å². The third kappa shape index (κ3) is 2.97. The van der Waals surface area contributed by atoms with Gasteiger partial charge in [-0.05, 0) is 19.1 Å². The molecule has 2 aromatic rings. The molecule has 0 bridgehead atoms. The predicted molar refractivity (Wildman–Crippen MR) is 96.2 cm³/mol. The van der Waals surface area contributed by atoms with Gasteiger partial charge in [-0.25, -0.2) is 4.79 Å². The first kappa shape index (κ1) is 17.0. The number of rotatable bonds is 2. The van der Waals surface area contributed by atoms with E-state index in [1.54, 1.807) is 18.9 Å². The molecule has 0 atom stereocenters. The van der Waals surface area contributed by atoms with Gasteiger partial charge in [0.15, 0.2) is 0 Å². The average molecular weight is 342 g/mol. The number of carbonyl (C=O) groups is 1. The summed E-state index contributed by atoms with van der Waals surface area (Å²) in [6.07, 6.45) is 0. The van der Waals surface area contributed by atoms with Crippen molar-refractivity contribution >= 4 is 11.6 Å². The quantitative estimate of drug-likeness (QED) is 0.790. The number of hydrogen-bond donors (Lipinski definition) is 0. The first-order valence-electron chi connectivity index (χ1n) is 8.27. The van der Waals surface area contributed by atoms with E-state index in [4.69, 9.17) is 0 Å². The van der Waals surface area contributed by atoms with E-state index in [0.29, 0.717) is 43.1 Å². The Hall–Kier alpha value is -2.83. The molecule has 0 radical (unpaired) electrons. The Morgan fingerprint density at radius 3 is 2.12 bits per heavy atom. The van der Waals surface area contributed by atoms with Crippen molar-refractivity contribution in [3.8, 4) is 0 Å². The van der Waals surface area contributed by atoms with Crippen molar-refractivity contribution in [3.63, 3.8) is 0 Å². The highest BCUT2D eigenvalue weighted by molar-refractivity contribution is 5.94. The van der Waals surface area contributed by atoms with Crippen molar-refractivity contribution < 1.29 is 4.79 Å². The van der Waals surface area contributed by atoms with Gasteiger partial charge in [0.25, 0.3) is 11.5 Å². The summed E-state index contributed by atoms with van der Waals surface area (Å²) >= 11 is 0. The van der Waals surface area contributed by atoms with Crippen molar-refractivity contribution in [1.82, 2.24) is 14.0 Å². The van der Waals surface area contributed by atoms with Gasteiger partial charge in [0.1, 0.15) is 5.69 Å². The smallest absolute Gasteiger partial charge is 0.330 e. The van der Waals surface area contributed by atoms with Crippen LogP contribution >= 0.6 is 0 Å². The number of piperazine rings is 1. The fourth-order valence-corrected chi connectivity index (χ4v) is 3.19. The Kier molecular flexibility index (Phi) is 4.48. The third-order valence-corrected chi connectivity index (χ3v) is 4.83. The van der Waals surface area contributed by atoms with Gasteiger partial charge in [-0.15, -0.1) is 0 Å². The summed E-state index contributed by atoms with van der Waals surface area (Å²) in [5, 5.41) is 0. The summed E-state index contributed by atoms with van der Waals surface area (Å²) in [5.41, 5.74) is 1.24. The van der Waals surface area contributed by atoms with Gasteiger partial charge in [0, 0.05) is 51.5 Å². The van der Waals surface area contributed by atoms with E-state index in [1.807, 2.05) is 35.2 Å². The molecule has 25 heavy (non-hydrogen) atoms. The topological polar surface area (TPSA) is 67.6 Å². The fourth-order valence-electron chi connectivity index (χ4n) is 3.19. The summed E-state index contributed by atoms with van der Waals surface area (Å²) in [6.45, 7) is 3.98. The van der Waals surface area contributed by atoms with Crippen molar-refractivity contribution in [2.45, 2.75) is 6.92 Å². The minimum atomic E-state index is -0.329. The van der Waals surface area contributed by atoms with E-state index in [0.717, 1.165) is 4.57 Å². The summed E-state index contributed by atoms with van der Waals surface area (Å²) in [6, 6.07) is 9.19. The first-order valence-corrected chi connectivity index (χ1v) is 8.27. The van der Waals surface area contributed by atoms with E-state index in [2.05, 4.69) is 0 Å². The normalized spacial score (nSPS) is 14.7. The monoisotopic (exact) mass is 342 g/mol. The second-order valence-corrected chi connectivity index (χ2v) is 6.29. The van der Waals surface area contributed by atoms with Gasteiger partial charge in [-0.3, -0.25) is 18.7 Å². The number of benzene rings is 1. The number of amides is 1. The van der Waals surface area contributed by atoms with E-state index in [-0.39, 0.29) is 17.2 Å². The molecule has 7 heteroatoms. The number of hydrogen-bond acceptors (Lipinski definition) is 4. The number of anilines is 1. The fraction of sp³-hybridized carbons (Fsp3) is 0.389. The highest BCUT2D eigenvalue weighted by Crippen LogP contribution is 2.16. The molecule has 1 aliphatic rings. The molecule has 1 aliphatic heterocycles. The zero-order valence-corrected chi connectivity index (χ0v) is 14.7. The second kappa shape index (κ2) is 6.58. The van der Waals surface area contributed by atoms with Gasteiger partial charge < -0.3 is 9.80 Å². The van der Waals surface area contributed by atoms with Crippen molar-refractivity contribution in [1.29, 1.82) is 0 Å². The lowest BCUT2D eigenvalue weighted by atomic mass is 10.1. The Labute approximate surface area is 145 Å². The molecule has 7 nitrogen and oxygen atoms in total. The lowest BCUT2D eigenvalue weighted by molar-refractivity contribution is 0.0746. The predicted octanol–water partition coefficient (Wildman–Crippen LogP) is 0.355. The zero-order chi connectivity index (χ0) is 18.1. The molecule has 1 fully saturated rings. The molecule has 3 rings (SSSR count). The van der Waals surface area contributed by atoms with Crippen LogP contribution in [-0.4, -0.2) is 46.1 Å². The van der Waals surface area contributed by atoms with Crippen LogP contribution in [0.2, 0.25) is 0 Å². The molecule has 0 saturated carbocycles. The van der Waals surface area contributed by atoms with Gasteiger partial charge in [-0.2, -0.15) is 0 Å². The van der Waals surface area contributed by atoms with Crippen LogP contribution in [0.4, 0.5) is 5.69 Å². The van der Waals surface area contributed by atoms with Crippen LogP contribution in [0.25, 0.3) is 0 Å². The maximum atomic E-state index is 12.5. The van der Waals surface area contributed by atoms with Crippen LogP contribution in [0.5, 0.6) is 0 Å². The first-order chi connectivity index (χ1) is 11.9. The van der Waals surface area contributed by atoms with Crippen molar-refractivity contribution in [3.05, 3.63) is 62.4 Å². The summed E-state index contributed by atoms with van der Waals surface area (Å²) in [5.74, 6) is 0.00494. The summed E-state index contributed by atoms with van der Waals surface area (Å²) < 4.78 is 2.61. The lowest BCUT2D eigenvalue weighted by Gasteiger charge is -2.36. The van der Waals surface area contributed by atoms with Gasteiger partial charge in [0.2, 0.25) is 0 Å². The molecule has 1 saturated heterocycles. The number of carbonyl (C=O) groups excluding carboxylic acids is 1. The van der Waals surface area contributed by atoms with E-state index >= 15 is 0 Å². The van der Waals surface area contributed by atoms with Gasteiger partial charge >= 0.3 is 5.69 Å². The minimum absolute atomic E-state index is 0.00494. The summed E-state index contributed by atoms with van der Waals surface area (Å²) in [4.78, 5) is 40.8. The molecule has 1 aromatic heterocycles. The highest BCUT2D eigenvalue weighted by Gasteiger charge is 2.25. The van der Waals surface area contributed by atoms with Crippen molar-refractivity contribution in [2.75, 3.05) is 31.1 Å². The lowest BCUT2D eigenvalue weighted by Crippen LogP contribution is -2.52. The van der Waals surface area contributed by atoms with Gasteiger partial charge in [0.05, 0.1) is 0 Å². The molecule has 0 aliphatic carbocycles. The molecule has 0 spiro atoms. The molecule has 132 valence electrons. The number of nitrogens with zero attached hydrogens (tertiary/aromatic N) is 4. The molecular weight excluding hydrogens is 320 g/mol. The molecule has 2 heterocycles. The van der Waals surface area contributed by atoms with Gasteiger partial charge in [-0.1, -0.05) is 18.2 Å². The Morgan fingerprint density at radius 2 is 1.52 bits per heavy atom. The third-order valence-electron chi connectivity index (χ3n) is 4.83. The van der Waals surface area contributed by atoms with E-state index < -0.39 is 0 Å². The van der Waals surface area contributed by atoms with E-state index in [9.17, 15) is 14.4 Å². The van der Waals surface area contributed by atoms with Crippen LogP contribution in [0.1, 0.15) is 16.1 Å². The Morgan fingerprint density at radius 1 is 0.920 bits per heavy atom. The van der Waals surface area contributed by atoms with E-state index in [1.165, 1.54) is 11.6 Å². The zero-order valence-electron chi connectivity index (χ0n) is 14.7. The number of aromatic nitrogens is 2.